The molecule has 0 amide bonds. The summed E-state index contributed by atoms with van der Waals surface area (Å²) in [6.45, 7) is 5.34. The average Bonchev–Trinajstić information content (AvgIpc) is 2.84. The zero-order chi connectivity index (χ0) is 23.5. The van der Waals surface area contributed by atoms with Gasteiger partial charge >= 0.3 is 5.97 Å². The van der Waals surface area contributed by atoms with Gasteiger partial charge < -0.3 is 25.4 Å². The average molecular weight is 457 g/mol. The second-order valence-corrected chi connectivity index (χ2v) is 8.56. The lowest BCUT2D eigenvalue weighted by atomic mass is 10.1. The largest absolute Gasteiger partial charge is 0.480 e. The van der Waals surface area contributed by atoms with Crippen LogP contribution in [0.5, 0.6) is 0 Å². The molecule has 0 aromatic carbocycles. The Morgan fingerprint density at radius 2 is 2.18 bits per heavy atom. The zero-order valence-corrected chi connectivity index (χ0v) is 19.7. The van der Waals surface area contributed by atoms with Gasteiger partial charge in [0, 0.05) is 38.6 Å². The number of aliphatic carboxylic acids is 1. The molecule has 2 aromatic rings. The van der Waals surface area contributed by atoms with Crippen molar-refractivity contribution in [2.75, 3.05) is 43.9 Å². The number of unbranched alkanes of at least 4 members (excludes halogenated alkanes) is 1. The highest BCUT2D eigenvalue weighted by atomic mass is 16.5. The van der Waals surface area contributed by atoms with Gasteiger partial charge in [-0.2, -0.15) is 0 Å². The van der Waals surface area contributed by atoms with Crippen LogP contribution in [0.15, 0.2) is 30.7 Å². The van der Waals surface area contributed by atoms with Gasteiger partial charge in [0.15, 0.2) is 0 Å². The van der Waals surface area contributed by atoms with Crippen LogP contribution in [0.1, 0.15) is 43.9 Å². The number of carbonyl (C=O) groups is 1. The molecule has 2 atom stereocenters. The second-order valence-electron chi connectivity index (χ2n) is 8.56. The Kier molecular flexibility index (Phi) is 9.83. The number of carboxylic acids is 1. The van der Waals surface area contributed by atoms with Crippen LogP contribution in [0.2, 0.25) is 0 Å². The Hall–Kier alpha value is -2.78. The molecule has 0 saturated heterocycles. The second kappa shape index (κ2) is 13.1. The van der Waals surface area contributed by atoms with E-state index in [1.807, 2.05) is 6.92 Å². The minimum Gasteiger partial charge on any atom is -0.480 e. The summed E-state index contributed by atoms with van der Waals surface area (Å²) in [6, 6.07) is 5.30. The maximum atomic E-state index is 11.8. The van der Waals surface area contributed by atoms with Crippen molar-refractivity contribution in [3.63, 3.8) is 0 Å². The topological polar surface area (TPSA) is 113 Å². The summed E-state index contributed by atoms with van der Waals surface area (Å²) in [4.78, 5) is 26.8. The highest BCUT2D eigenvalue weighted by molar-refractivity contribution is 5.76. The van der Waals surface area contributed by atoms with E-state index < -0.39 is 12.0 Å². The molecule has 0 radical (unpaired) electrons. The Bertz CT molecular complexity index is 867. The molecule has 0 spiro atoms. The number of aryl methyl sites for hydroxylation is 2. The third-order valence-corrected chi connectivity index (χ3v) is 5.96. The third-order valence-electron chi connectivity index (χ3n) is 5.96. The lowest BCUT2D eigenvalue weighted by Crippen LogP contribution is -2.38. The minimum atomic E-state index is -0.888. The highest BCUT2D eigenvalue weighted by Crippen LogP contribution is 2.20. The molecular formula is C24H36N6O3. The zero-order valence-electron chi connectivity index (χ0n) is 19.7. The number of hydrogen-bond donors (Lipinski definition) is 3. The number of methoxy groups -OCH3 is 1. The molecule has 3 heterocycles. The molecule has 0 aliphatic carbocycles. The SMILES string of the molecule is CO[C@H](C)CN(CCCCc1ccc2c(n1)NCCC2)CCC(Nc1ccncn1)C(=O)O. The number of carboxylic acid groups (broad SMARTS) is 1. The number of ether oxygens (including phenoxy) is 1. The number of nitrogens with one attached hydrogen (secondary N) is 2. The van der Waals surface area contributed by atoms with Crippen molar-refractivity contribution in [3.8, 4) is 0 Å². The van der Waals surface area contributed by atoms with Crippen LogP contribution < -0.4 is 10.6 Å². The molecule has 0 bridgehead atoms. The predicted molar refractivity (Wildman–Crippen MR) is 129 cm³/mol. The third kappa shape index (κ3) is 8.25. The first-order valence-electron chi connectivity index (χ1n) is 11.8. The number of rotatable bonds is 14. The summed E-state index contributed by atoms with van der Waals surface area (Å²) in [6.07, 6.45) is 8.80. The quantitative estimate of drug-likeness (QED) is 0.369. The van der Waals surface area contributed by atoms with E-state index in [2.05, 4.69) is 37.6 Å². The van der Waals surface area contributed by atoms with E-state index in [0.29, 0.717) is 18.8 Å². The molecule has 9 nitrogen and oxygen atoms in total. The lowest BCUT2D eigenvalue weighted by molar-refractivity contribution is -0.138. The van der Waals surface area contributed by atoms with Crippen molar-refractivity contribution in [3.05, 3.63) is 42.0 Å². The number of pyridine rings is 1. The van der Waals surface area contributed by atoms with Gasteiger partial charge in [-0.25, -0.2) is 19.7 Å². The molecule has 33 heavy (non-hydrogen) atoms. The minimum absolute atomic E-state index is 0.0801. The van der Waals surface area contributed by atoms with Gasteiger partial charge in [-0.05, 0) is 69.7 Å². The molecule has 1 unspecified atom stereocenters. The first kappa shape index (κ1) is 24.9. The van der Waals surface area contributed by atoms with Crippen LogP contribution >= 0.6 is 0 Å². The number of hydrogen-bond acceptors (Lipinski definition) is 8. The number of anilines is 2. The van der Waals surface area contributed by atoms with Crippen LogP contribution in [-0.4, -0.2) is 76.4 Å². The normalized spacial score (nSPS) is 14.9. The van der Waals surface area contributed by atoms with E-state index in [4.69, 9.17) is 9.72 Å². The van der Waals surface area contributed by atoms with Crippen molar-refractivity contribution in [2.24, 2.45) is 0 Å². The Morgan fingerprint density at radius 1 is 1.30 bits per heavy atom. The molecule has 0 fully saturated rings. The van der Waals surface area contributed by atoms with Crippen molar-refractivity contribution >= 4 is 17.6 Å². The van der Waals surface area contributed by atoms with E-state index in [1.54, 1.807) is 19.4 Å². The van der Waals surface area contributed by atoms with E-state index in [0.717, 1.165) is 56.8 Å². The molecule has 1 aliphatic heterocycles. The maximum absolute atomic E-state index is 11.8. The fourth-order valence-corrected chi connectivity index (χ4v) is 4.01. The van der Waals surface area contributed by atoms with Crippen molar-refractivity contribution < 1.29 is 14.6 Å². The van der Waals surface area contributed by atoms with E-state index in [9.17, 15) is 9.90 Å². The Labute approximate surface area is 196 Å². The summed E-state index contributed by atoms with van der Waals surface area (Å²) in [5.74, 6) is 0.673. The van der Waals surface area contributed by atoms with Gasteiger partial charge in [-0.3, -0.25) is 0 Å². The molecule has 180 valence electrons. The Balaban J connectivity index is 1.48. The summed E-state index contributed by atoms with van der Waals surface area (Å²) in [5, 5.41) is 16.0. The molecule has 3 rings (SSSR count). The van der Waals surface area contributed by atoms with Crippen LogP contribution in [0.25, 0.3) is 0 Å². The smallest absolute Gasteiger partial charge is 0.326 e. The summed E-state index contributed by atoms with van der Waals surface area (Å²) in [7, 11) is 1.70. The molecule has 0 saturated carbocycles. The fraction of sp³-hybridized carbons (Fsp3) is 0.583. The van der Waals surface area contributed by atoms with Gasteiger partial charge in [-0.1, -0.05) is 6.07 Å². The highest BCUT2D eigenvalue weighted by Gasteiger charge is 2.20. The summed E-state index contributed by atoms with van der Waals surface area (Å²) < 4.78 is 5.45. The first-order valence-corrected chi connectivity index (χ1v) is 11.8. The summed E-state index contributed by atoms with van der Waals surface area (Å²) >= 11 is 0. The monoisotopic (exact) mass is 456 g/mol. The number of aromatic nitrogens is 3. The molecule has 2 aromatic heterocycles. The van der Waals surface area contributed by atoms with Gasteiger partial charge in [0.25, 0.3) is 0 Å². The van der Waals surface area contributed by atoms with Crippen LogP contribution in [0.4, 0.5) is 11.6 Å². The van der Waals surface area contributed by atoms with Crippen molar-refractivity contribution in [2.45, 2.75) is 57.6 Å². The van der Waals surface area contributed by atoms with Crippen LogP contribution in [0, 0.1) is 0 Å². The van der Waals surface area contributed by atoms with Gasteiger partial charge in [0.05, 0.1) is 6.10 Å². The van der Waals surface area contributed by atoms with Gasteiger partial charge in [0.1, 0.15) is 24.0 Å². The molecule has 9 heteroatoms. The fourth-order valence-electron chi connectivity index (χ4n) is 4.01. The van der Waals surface area contributed by atoms with Crippen molar-refractivity contribution in [1.82, 2.24) is 19.9 Å². The number of fused-ring (bicyclic) bond motifs is 1. The molecule has 1 aliphatic rings. The Morgan fingerprint density at radius 3 is 2.94 bits per heavy atom. The first-order chi connectivity index (χ1) is 16.0. The predicted octanol–water partition coefficient (Wildman–Crippen LogP) is 2.84. The lowest BCUT2D eigenvalue weighted by Gasteiger charge is -2.26. The summed E-state index contributed by atoms with van der Waals surface area (Å²) in [5.41, 5.74) is 2.44. The van der Waals surface area contributed by atoms with Crippen molar-refractivity contribution in [1.29, 1.82) is 0 Å². The number of nitrogens with zero attached hydrogens (tertiary/aromatic N) is 4. The van der Waals surface area contributed by atoms with Crippen LogP contribution in [0.3, 0.4) is 0 Å². The maximum Gasteiger partial charge on any atom is 0.326 e. The van der Waals surface area contributed by atoms with E-state index >= 15 is 0 Å². The molecule has 3 N–H and O–H groups in total. The molecular weight excluding hydrogens is 420 g/mol. The standard InChI is InChI=1S/C24H36N6O3/c1-18(33-2)16-30(15-11-21(24(31)32)29-22-10-13-25-17-27-22)14-4-3-7-20-9-8-19-6-5-12-26-23(19)28-20/h8-10,13,17-18,21H,3-7,11-12,14-16H2,1-2H3,(H,26,28)(H,31,32)(H,25,27,29)/t18-,21?/m1/s1. The van der Waals surface area contributed by atoms with Gasteiger partial charge in [0.2, 0.25) is 0 Å². The van der Waals surface area contributed by atoms with Crippen LogP contribution in [-0.2, 0) is 22.4 Å². The van der Waals surface area contributed by atoms with Gasteiger partial charge in [-0.15, -0.1) is 0 Å². The van der Waals surface area contributed by atoms with E-state index in [-0.39, 0.29) is 6.10 Å². The van der Waals surface area contributed by atoms with E-state index in [1.165, 1.54) is 18.3 Å².